The summed E-state index contributed by atoms with van der Waals surface area (Å²) in [7, 11) is 0. The van der Waals surface area contributed by atoms with Crippen molar-refractivity contribution in [3.05, 3.63) is 42.5 Å². The Morgan fingerprint density at radius 1 is 1.12 bits per heavy atom. The zero-order valence-electron chi connectivity index (χ0n) is 19.4. The fourth-order valence-corrected chi connectivity index (χ4v) is 5.28. The van der Waals surface area contributed by atoms with Gasteiger partial charge in [-0.3, -0.25) is 0 Å². The number of rotatable bonds is 6. The van der Waals surface area contributed by atoms with E-state index in [4.69, 9.17) is 20.4 Å². The van der Waals surface area contributed by atoms with E-state index in [1.165, 1.54) is 0 Å². The fourth-order valence-electron chi connectivity index (χ4n) is 5.28. The minimum Gasteiger partial charge on any atom is -0.488 e. The number of fused-ring (bicyclic) bond motifs is 3. The fraction of sp³-hybridized carbons (Fsp3) is 0.400. The molecule has 3 aliphatic rings. The van der Waals surface area contributed by atoms with Gasteiger partial charge in [-0.2, -0.15) is 9.97 Å². The number of nitrogens with one attached hydrogen (secondary N) is 2. The number of benzene rings is 1. The molecule has 3 aromatic rings. The lowest BCUT2D eigenvalue weighted by Crippen LogP contribution is -2.44. The number of pyridine rings is 1. The number of hydrogen-bond acceptors (Lipinski definition) is 9. The molecule has 4 N–H and O–H groups in total. The van der Waals surface area contributed by atoms with Gasteiger partial charge in [0.05, 0.1) is 12.1 Å². The smallest absolute Gasteiger partial charge is 0.224 e. The first-order valence-corrected chi connectivity index (χ1v) is 12.1. The van der Waals surface area contributed by atoms with Gasteiger partial charge < -0.3 is 30.9 Å². The Kier molecular flexibility index (Phi) is 5.33. The maximum Gasteiger partial charge on any atom is 0.224 e. The average Bonchev–Trinajstić information content (AvgIpc) is 3.49. The highest BCUT2D eigenvalue weighted by Crippen LogP contribution is 2.41. The summed E-state index contributed by atoms with van der Waals surface area (Å²) < 4.78 is 5.84. The Morgan fingerprint density at radius 2 is 2.00 bits per heavy atom. The van der Waals surface area contributed by atoms with Crippen LogP contribution in [0.5, 0.6) is 5.75 Å². The number of anilines is 5. The van der Waals surface area contributed by atoms with Gasteiger partial charge >= 0.3 is 0 Å². The molecule has 0 spiro atoms. The molecule has 1 aromatic carbocycles. The Bertz CT molecular complexity index is 1190. The van der Waals surface area contributed by atoms with Gasteiger partial charge in [0.2, 0.25) is 5.95 Å². The van der Waals surface area contributed by atoms with E-state index in [0.717, 1.165) is 67.5 Å². The summed E-state index contributed by atoms with van der Waals surface area (Å²) in [6.45, 7) is 6.51. The molecule has 0 aliphatic carbocycles. The summed E-state index contributed by atoms with van der Waals surface area (Å²) in [5.74, 6) is 4.18. The molecule has 2 bridgehead atoms. The van der Waals surface area contributed by atoms with Crippen LogP contribution in [0.4, 0.5) is 29.2 Å². The van der Waals surface area contributed by atoms with Gasteiger partial charge in [0.15, 0.2) is 11.6 Å². The quantitative estimate of drug-likeness (QED) is 0.514. The molecule has 34 heavy (non-hydrogen) atoms. The first-order chi connectivity index (χ1) is 16.7. The van der Waals surface area contributed by atoms with Crippen LogP contribution in [-0.2, 0) is 0 Å². The number of nitrogens with two attached hydrogens (primary N) is 1. The third kappa shape index (κ3) is 3.75. The van der Waals surface area contributed by atoms with Crippen molar-refractivity contribution in [2.45, 2.75) is 31.8 Å². The van der Waals surface area contributed by atoms with E-state index < -0.39 is 0 Å². The van der Waals surface area contributed by atoms with Gasteiger partial charge in [0.25, 0.3) is 0 Å². The zero-order valence-corrected chi connectivity index (χ0v) is 19.4. The Hall–Kier alpha value is -3.59. The van der Waals surface area contributed by atoms with Crippen molar-refractivity contribution in [3.63, 3.8) is 0 Å². The molecular weight excluding hydrogens is 428 g/mol. The SMILES string of the molecule is CCCN1CCOc2ccc(Nc3nc(N)nc(N4CC5CC4CN5)c3-c3ccccc3)nc21. The number of nitrogen functional groups attached to an aromatic ring is 1. The van der Waals surface area contributed by atoms with Crippen LogP contribution in [-0.4, -0.2) is 59.8 Å². The molecule has 9 heteroatoms. The molecule has 2 fully saturated rings. The van der Waals surface area contributed by atoms with E-state index in [2.05, 4.69) is 44.5 Å². The molecule has 0 radical (unpaired) electrons. The molecular formula is C25H30N8O. The van der Waals surface area contributed by atoms with Gasteiger partial charge in [-0.15, -0.1) is 0 Å². The van der Waals surface area contributed by atoms with Crippen LogP contribution in [0.2, 0.25) is 0 Å². The largest absolute Gasteiger partial charge is 0.488 e. The number of ether oxygens (including phenoxy) is 1. The third-order valence-electron chi connectivity index (χ3n) is 6.80. The lowest BCUT2D eigenvalue weighted by Gasteiger charge is -2.31. The molecule has 2 unspecified atom stereocenters. The predicted octanol–water partition coefficient (Wildman–Crippen LogP) is 3.02. The summed E-state index contributed by atoms with van der Waals surface area (Å²) in [4.78, 5) is 18.9. The first-order valence-electron chi connectivity index (χ1n) is 12.1. The molecule has 0 amide bonds. The minimum atomic E-state index is 0.252. The summed E-state index contributed by atoms with van der Waals surface area (Å²) in [6.07, 6.45) is 2.18. The summed E-state index contributed by atoms with van der Waals surface area (Å²) in [5, 5.41) is 7.03. The number of hydrogen-bond donors (Lipinski definition) is 3. The first kappa shape index (κ1) is 21.0. The molecule has 3 aliphatic heterocycles. The van der Waals surface area contributed by atoms with Gasteiger partial charge in [-0.25, -0.2) is 4.98 Å². The topological polar surface area (TPSA) is 104 Å². The van der Waals surface area contributed by atoms with Crippen molar-refractivity contribution in [2.75, 3.05) is 53.6 Å². The third-order valence-corrected chi connectivity index (χ3v) is 6.80. The van der Waals surface area contributed by atoms with E-state index >= 15 is 0 Å². The van der Waals surface area contributed by atoms with E-state index in [1.54, 1.807) is 0 Å². The van der Waals surface area contributed by atoms with Crippen LogP contribution in [0.1, 0.15) is 19.8 Å². The molecule has 0 saturated carbocycles. The van der Waals surface area contributed by atoms with Crippen molar-refractivity contribution in [1.29, 1.82) is 0 Å². The van der Waals surface area contributed by atoms with Crippen molar-refractivity contribution in [2.24, 2.45) is 0 Å². The van der Waals surface area contributed by atoms with Crippen LogP contribution < -0.4 is 30.9 Å². The predicted molar refractivity (Wildman–Crippen MR) is 135 cm³/mol. The van der Waals surface area contributed by atoms with Crippen LogP contribution in [0.25, 0.3) is 11.1 Å². The van der Waals surface area contributed by atoms with E-state index in [1.807, 2.05) is 30.3 Å². The van der Waals surface area contributed by atoms with Crippen molar-refractivity contribution >= 4 is 29.2 Å². The molecule has 6 rings (SSSR count). The minimum absolute atomic E-state index is 0.252. The maximum absolute atomic E-state index is 6.25. The maximum atomic E-state index is 6.25. The second-order valence-electron chi connectivity index (χ2n) is 9.12. The Labute approximate surface area is 199 Å². The number of piperazine rings is 1. The van der Waals surface area contributed by atoms with Crippen LogP contribution in [0, 0.1) is 0 Å². The van der Waals surface area contributed by atoms with E-state index in [9.17, 15) is 0 Å². The summed E-state index contributed by atoms with van der Waals surface area (Å²) >= 11 is 0. The van der Waals surface area contributed by atoms with Crippen LogP contribution >= 0.6 is 0 Å². The highest BCUT2D eigenvalue weighted by atomic mass is 16.5. The summed E-state index contributed by atoms with van der Waals surface area (Å²) in [5.41, 5.74) is 8.24. The normalized spacial score (nSPS) is 20.9. The van der Waals surface area contributed by atoms with Gasteiger partial charge in [-0.1, -0.05) is 37.3 Å². The van der Waals surface area contributed by atoms with E-state index in [0.29, 0.717) is 30.3 Å². The second-order valence-corrected chi connectivity index (χ2v) is 9.12. The monoisotopic (exact) mass is 458 g/mol. The molecule has 9 nitrogen and oxygen atoms in total. The second kappa shape index (κ2) is 8.64. The standard InChI is InChI=1S/C25H30N8O/c1-2-10-32-11-12-34-19-8-9-20(29-23(19)32)28-22-21(16-6-4-3-5-7-16)24(31-25(26)30-22)33-15-17-13-18(33)14-27-17/h3-9,17-18,27H,2,10-15H2,1H3,(H3,26,28,29,30,31). The highest BCUT2D eigenvalue weighted by Gasteiger charge is 2.40. The highest BCUT2D eigenvalue weighted by molar-refractivity contribution is 5.88. The van der Waals surface area contributed by atoms with Crippen LogP contribution in [0.3, 0.4) is 0 Å². The average molecular weight is 459 g/mol. The molecule has 176 valence electrons. The van der Waals surface area contributed by atoms with Crippen LogP contribution in [0.15, 0.2) is 42.5 Å². The van der Waals surface area contributed by atoms with Gasteiger partial charge in [-0.05, 0) is 30.5 Å². The van der Waals surface area contributed by atoms with Crippen molar-refractivity contribution in [3.8, 4) is 16.9 Å². The zero-order chi connectivity index (χ0) is 23.1. The molecule has 5 heterocycles. The lowest BCUT2D eigenvalue weighted by atomic mass is 10.1. The number of aromatic nitrogens is 3. The van der Waals surface area contributed by atoms with Gasteiger partial charge in [0, 0.05) is 31.7 Å². The molecule has 2 saturated heterocycles. The molecule has 2 aromatic heterocycles. The van der Waals surface area contributed by atoms with Crippen molar-refractivity contribution in [1.82, 2.24) is 20.3 Å². The Morgan fingerprint density at radius 3 is 2.76 bits per heavy atom. The lowest BCUT2D eigenvalue weighted by molar-refractivity contribution is 0.305. The molecule has 2 atom stereocenters. The Balaban J connectivity index is 1.43. The van der Waals surface area contributed by atoms with Crippen molar-refractivity contribution < 1.29 is 4.74 Å². The summed E-state index contributed by atoms with van der Waals surface area (Å²) in [6, 6.07) is 15.1. The number of nitrogens with zero attached hydrogens (tertiary/aromatic N) is 5. The van der Waals surface area contributed by atoms with Gasteiger partial charge in [0.1, 0.15) is 24.1 Å². The van der Waals surface area contributed by atoms with E-state index in [-0.39, 0.29) is 5.95 Å².